The van der Waals surface area contributed by atoms with Gasteiger partial charge in [0, 0.05) is 5.39 Å². The first-order valence-electron chi connectivity index (χ1n) is 7.03. The smallest absolute Gasteiger partial charge is 0.336 e. The Bertz CT molecular complexity index is 885. The molecule has 0 unspecified atom stereocenters. The first-order chi connectivity index (χ1) is 11.2. The standard InChI is InChI=1S/C18H14N2O3/c21-17(14-9-3-4-10-15(14)18(22)23)20-19-16-11-5-7-12-6-1-2-8-13(12)16/h1-11,19H,(H,20,21)(H,22,23). The van der Waals surface area contributed by atoms with Crippen LogP contribution in [0.2, 0.25) is 0 Å². The third-order valence-electron chi connectivity index (χ3n) is 3.50. The van der Waals surface area contributed by atoms with E-state index in [-0.39, 0.29) is 11.1 Å². The van der Waals surface area contributed by atoms with E-state index >= 15 is 0 Å². The summed E-state index contributed by atoms with van der Waals surface area (Å²) < 4.78 is 0. The Kier molecular flexibility index (Phi) is 3.93. The summed E-state index contributed by atoms with van der Waals surface area (Å²) in [5.41, 5.74) is 6.22. The Balaban J connectivity index is 1.83. The van der Waals surface area contributed by atoms with E-state index in [0.717, 1.165) is 16.5 Å². The van der Waals surface area contributed by atoms with Crippen molar-refractivity contribution in [3.8, 4) is 0 Å². The topological polar surface area (TPSA) is 78.4 Å². The number of benzene rings is 3. The maximum absolute atomic E-state index is 12.2. The van der Waals surface area contributed by atoms with Gasteiger partial charge in [-0.3, -0.25) is 15.6 Å². The van der Waals surface area contributed by atoms with Crippen molar-refractivity contribution < 1.29 is 14.7 Å². The quantitative estimate of drug-likeness (QED) is 0.646. The molecule has 3 N–H and O–H groups in total. The first kappa shape index (κ1) is 14.6. The van der Waals surface area contributed by atoms with Crippen molar-refractivity contribution in [1.82, 2.24) is 5.43 Å². The summed E-state index contributed by atoms with van der Waals surface area (Å²) >= 11 is 0. The molecule has 23 heavy (non-hydrogen) atoms. The van der Waals surface area contributed by atoms with Gasteiger partial charge in [-0.15, -0.1) is 0 Å². The molecule has 0 bridgehead atoms. The first-order valence-corrected chi connectivity index (χ1v) is 7.03. The Labute approximate surface area is 132 Å². The van der Waals surface area contributed by atoms with E-state index < -0.39 is 11.9 Å². The second-order valence-electron chi connectivity index (χ2n) is 4.96. The Morgan fingerprint density at radius 2 is 1.43 bits per heavy atom. The highest BCUT2D eigenvalue weighted by atomic mass is 16.4. The highest BCUT2D eigenvalue weighted by Crippen LogP contribution is 2.22. The van der Waals surface area contributed by atoms with E-state index in [2.05, 4.69) is 10.9 Å². The molecular weight excluding hydrogens is 292 g/mol. The summed E-state index contributed by atoms with van der Waals surface area (Å²) in [4.78, 5) is 23.4. The highest BCUT2D eigenvalue weighted by molar-refractivity contribution is 6.05. The molecule has 0 aliphatic heterocycles. The second-order valence-corrected chi connectivity index (χ2v) is 4.96. The molecule has 0 aliphatic carbocycles. The lowest BCUT2D eigenvalue weighted by Gasteiger charge is -2.12. The van der Waals surface area contributed by atoms with Crippen LogP contribution in [0.5, 0.6) is 0 Å². The summed E-state index contributed by atoms with van der Waals surface area (Å²) in [6.07, 6.45) is 0. The maximum atomic E-state index is 12.2. The predicted octanol–water partition coefficient (Wildman–Crippen LogP) is 3.29. The summed E-state index contributed by atoms with van der Waals surface area (Å²) in [6, 6.07) is 19.5. The van der Waals surface area contributed by atoms with Crippen LogP contribution in [0.3, 0.4) is 0 Å². The lowest BCUT2D eigenvalue weighted by molar-refractivity contribution is 0.0691. The number of carbonyl (C=O) groups excluding carboxylic acids is 1. The lowest BCUT2D eigenvalue weighted by atomic mass is 10.1. The molecule has 0 saturated carbocycles. The van der Waals surface area contributed by atoms with E-state index in [9.17, 15) is 9.59 Å². The molecule has 0 aliphatic rings. The van der Waals surface area contributed by atoms with E-state index in [1.165, 1.54) is 12.1 Å². The molecule has 0 spiro atoms. The van der Waals surface area contributed by atoms with Crippen molar-refractivity contribution >= 4 is 28.3 Å². The fourth-order valence-electron chi connectivity index (χ4n) is 2.39. The molecular formula is C18H14N2O3. The van der Waals surface area contributed by atoms with Crippen molar-refractivity contribution in [3.05, 3.63) is 77.9 Å². The summed E-state index contributed by atoms with van der Waals surface area (Å²) in [6.45, 7) is 0. The number of aromatic carboxylic acids is 1. The SMILES string of the molecule is O=C(O)c1ccccc1C(=O)NNc1cccc2ccccc12. The van der Waals surface area contributed by atoms with Gasteiger partial charge in [0.1, 0.15) is 0 Å². The molecule has 3 aromatic carbocycles. The van der Waals surface area contributed by atoms with Gasteiger partial charge in [-0.2, -0.15) is 0 Å². The van der Waals surface area contributed by atoms with Crippen molar-refractivity contribution in [2.45, 2.75) is 0 Å². The van der Waals surface area contributed by atoms with Gasteiger partial charge in [-0.1, -0.05) is 48.5 Å². The summed E-state index contributed by atoms with van der Waals surface area (Å²) in [5.74, 6) is -1.64. The summed E-state index contributed by atoms with van der Waals surface area (Å²) in [7, 11) is 0. The average molecular weight is 306 g/mol. The number of carbonyl (C=O) groups is 2. The molecule has 0 atom stereocenters. The van der Waals surface area contributed by atoms with Crippen molar-refractivity contribution in [3.63, 3.8) is 0 Å². The number of nitrogens with one attached hydrogen (secondary N) is 2. The fraction of sp³-hybridized carbons (Fsp3) is 0. The van der Waals surface area contributed by atoms with Gasteiger partial charge in [0.15, 0.2) is 0 Å². The molecule has 3 rings (SSSR count). The number of carboxylic acids is 1. The highest BCUT2D eigenvalue weighted by Gasteiger charge is 2.15. The van der Waals surface area contributed by atoms with Crippen LogP contribution < -0.4 is 10.9 Å². The third kappa shape index (κ3) is 2.98. The number of carboxylic acid groups (broad SMARTS) is 1. The Morgan fingerprint density at radius 1 is 0.783 bits per heavy atom. The van der Waals surface area contributed by atoms with Gasteiger partial charge < -0.3 is 5.11 Å². The summed E-state index contributed by atoms with van der Waals surface area (Å²) in [5, 5.41) is 11.1. The van der Waals surface area contributed by atoms with E-state index in [1.807, 2.05) is 42.5 Å². The maximum Gasteiger partial charge on any atom is 0.336 e. The Hall–Kier alpha value is -3.34. The molecule has 5 nitrogen and oxygen atoms in total. The predicted molar refractivity (Wildman–Crippen MR) is 88.4 cm³/mol. The van der Waals surface area contributed by atoms with Crippen LogP contribution in [-0.4, -0.2) is 17.0 Å². The van der Waals surface area contributed by atoms with Gasteiger partial charge in [0.05, 0.1) is 16.8 Å². The van der Waals surface area contributed by atoms with Crippen molar-refractivity contribution in [1.29, 1.82) is 0 Å². The fourth-order valence-corrected chi connectivity index (χ4v) is 2.39. The van der Waals surface area contributed by atoms with Gasteiger partial charge in [-0.05, 0) is 23.6 Å². The second kappa shape index (κ2) is 6.19. The zero-order valence-corrected chi connectivity index (χ0v) is 12.1. The number of hydrazine groups is 1. The van der Waals surface area contributed by atoms with Crippen LogP contribution >= 0.6 is 0 Å². The largest absolute Gasteiger partial charge is 0.478 e. The molecule has 1 amide bonds. The van der Waals surface area contributed by atoms with Gasteiger partial charge in [0.2, 0.25) is 0 Å². The number of anilines is 1. The zero-order valence-electron chi connectivity index (χ0n) is 12.1. The number of hydrogen-bond acceptors (Lipinski definition) is 3. The molecule has 0 fully saturated rings. The minimum absolute atomic E-state index is 0.0373. The minimum atomic E-state index is -1.14. The Morgan fingerprint density at radius 3 is 2.22 bits per heavy atom. The van der Waals surface area contributed by atoms with Crippen molar-refractivity contribution in [2.75, 3.05) is 5.43 Å². The lowest BCUT2D eigenvalue weighted by Crippen LogP contribution is -2.30. The molecule has 0 saturated heterocycles. The van der Waals surface area contributed by atoms with Crippen LogP contribution in [0.15, 0.2) is 66.7 Å². The van der Waals surface area contributed by atoms with Crippen LogP contribution in [0.1, 0.15) is 20.7 Å². The van der Waals surface area contributed by atoms with Gasteiger partial charge in [-0.25, -0.2) is 4.79 Å². The van der Waals surface area contributed by atoms with Crippen LogP contribution in [0, 0.1) is 0 Å². The van der Waals surface area contributed by atoms with E-state index in [4.69, 9.17) is 5.11 Å². The zero-order chi connectivity index (χ0) is 16.2. The normalized spacial score (nSPS) is 10.3. The van der Waals surface area contributed by atoms with Gasteiger partial charge in [0.25, 0.3) is 5.91 Å². The molecule has 3 aromatic rings. The molecule has 114 valence electrons. The van der Waals surface area contributed by atoms with Crippen LogP contribution in [-0.2, 0) is 0 Å². The van der Waals surface area contributed by atoms with Crippen LogP contribution in [0.4, 0.5) is 5.69 Å². The number of rotatable bonds is 4. The molecule has 5 heteroatoms. The van der Waals surface area contributed by atoms with E-state index in [1.54, 1.807) is 12.1 Å². The minimum Gasteiger partial charge on any atom is -0.478 e. The molecule has 0 radical (unpaired) electrons. The molecule has 0 heterocycles. The number of hydrogen-bond donors (Lipinski definition) is 3. The van der Waals surface area contributed by atoms with Crippen molar-refractivity contribution in [2.24, 2.45) is 0 Å². The number of fused-ring (bicyclic) bond motifs is 1. The third-order valence-corrected chi connectivity index (χ3v) is 3.50. The average Bonchev–Trinajstić information content (AvgIpc) is 2.59. The van der Waals surface area contributed by atoms with E-state index in [0.29, 0.717) is 0 Å². The molecule has 0 aromatic heterocycles. The van der Waals surface area contributed by atoms with Crippen LogP contribution in [0.25, 0.3) is 10.8 Å². The van der Waals surface area contributed by atoms with Gasteiger partial charge >= 0.3 is 5.97 Å². The monoisotopic (exact) mass is 306 g/mol. The number of amides is 1.